The molecule has 0 atom stereocenters. The summed E-state index contributed by atoms with van der Waals surface area (Å²) < 4.78 is 10.6. The fourth-order valence-corrected chi connectivity index (χ4v) is 2.94. The van der Waals surface area contributed by atoms with E-state index in [1.54, 1.807) is 19.1 Å². The molecule has 0 bridgehead atoms. The van der Waals surface area contributed by atoms with Gasteiger partial charge in [0.2, 0.25) is 0 Å². The van der Waals surface area contributed by atoms with Crippen LogP contribution in [0.2, 0.25) is 0 Å². The molecule has 1 aliphatic heterocycles. The molecule has 1 aliphatic rings. The van der Waals surface area contributed by atoms with Crippen molar-refractivity contribution in [3.05, 3.63) is 46.4 Å². The second-order valence-electron chi connectivity index (χ2n) is 4.85. The fourth-order valence-electron chi connectivity index (χ4n) is 1.89. The topological polar surface area (TPSA) is 64.6 Å². The molecule has 1 saturated heterocycles. The Balaban J connectivity index is 1.96. The lowest BCUT2D eigenvalue weighted by Gasteiger charge is -2.05. The fraction of sp³-hybridized carbons (Fsp3) is 0.235. The normalized spacial score (nSPS) is 16.2. The van der Waals surface area contributed by atoms with Gasteiger partial charge in [0.1, 0.15) is 10.1 Å². The Morgan fingerprint density at radius 1 is 1.33 bits per heavy atom. The molecule has 0 aromatic heterocycles. The van der Waals surface area contributed by atoms with E-state index in [2.05, 4.69) is 5.32 Å². The van der Waals surface area contributed by atoms with Gasteiger partial charge in [0.15, 0.2) is 6.61 Å². The monoisotopic (exact) mass is 363 g/mol. The number of rotatable bonds is 6. The van der Waals surface area contributed by atoms with E-state index in [0.717, 1.165) is 11.1 Å². The van der Waals surface area contributed by atoms with Crippen LogP contribution in [0.15, 0.2) is 40.8 Å². The van der Waals surface area contributed by atoms with Crippen LogP contribution in [0.3, 0.4) is 0 Å². The number of allylic oxidation sites excluding steroid dienone is 2. The molecular formula is C17H17NO4S2. The van der Waals surface area contributed by atoms with Crippen LogP contribution in [-0.2, 0) is 14.3 Å². The van der Waals surface area contributed by atoms with Gasteiger partial charge in [-0.3, -0.25) is 4.79 Å². The number of thioether (sulfide) groups is 1. The van der Waals surface area contributed by atoms with E-state index < -0.39 is 5.97 Å². The maximum Gasteiger partial charge on any atom is 0.344 e. The van der Waals surface area contributed by atoms with Crippen molar-refractivity contribution in [1.29, 1.82) is 0 Å². The van der Waals surface area contributed by atoms with E-state index >= 15 is 0 Å². The largest absolute Gasteiger partial charge is 0.482 e. The Hall–Kier alpha value is -2.12. The summed E-state index contributed by atoms with van der Waals surface area (Å²) in [7, 11) is 0. The Kier molecular flexibility index (Phi) is 6.57. The smallest absolute Gasteiger partial charge is 0.344 e. The lowest BCUT2D eigenvalue weighted by molar-refractivity contribution is -0.145. The Labute approximate surface area is 150 Å². The molecule has 5 nitrogen and oxygen atoms in total. The maximum atomic E-state index is 11.7. The van der Waals surface area contributed by atoms with E-state index in [4.69, 9.17) is 21.7 Å². The minimum absolute atomic E-state index is 0.111. The summed E-state index contributed by atoms with van der Waals surface area (Å²) in [5, 5.41) is 2.59. The van der Waals surface area contributed by atoms with Gasteiger partial charge in [-0.25, -0.2) is 4.79 Å². The Morgan fingerprint density at radius 2 is 2.04 bits per heavy atom. The maximum absolute atomic E-state index is 11.7. The number of ether oxygens (including phenoxy) is 2. The van der Waals surface area contributed by atoms with Gasteiger partial charge in [-0.2, -0.15) is 0 Å². The number of hydrogen-bond acceptors (Lipinski definition) is 6. The molecule has 0 radical (unpaired) electrons. The van der Waals surface area contributed by atoms with Crippen LogP contribution in [0, 0.1) is 0 Å². The number of carbonyl (C=O) groups is 2. The van der Waals surface area contributed by atoms with E-state index in [1.807, 2.05) is 31.2 Å². The molecule has 1 aromatic rings. The summed E-state index contributed by atoms with van der Waals surface area (Å²) in [6, 6.07) is 7.27. The first-order valence-corrected chi connectivity index (χ1v) is 8.52. The van der Waals surface area contributed by atoms with Gasteiger partial charge >= 0.3 is 5.97 Å². The standard InChI is InChI=1S/C17H17NO4S2/c1-3-21-14(19)10-22-13-8-6-12(7-9-13)5-4-11(2)15-16(20)18-17(23)24-15/h4-9H,3,10H2,1-2H3,(H,18,20,23)/b5-4+,15-11+. The average Bonchev–Trinajstić information content (AvgIpc) is 2.90. The predicted molar refractivity (Wildman–Crippen MR) is 98.6 cm³/mol. The van der Waals surface area contributed by atoms with Crippen LogP contribution < -0.4 is 10.1 Å². The molecule has 1 fully saturated rings. The van der Waals surface area contributed by atoms with Crippen molar-refractivity contribution >= 4 is 46.3 Å². The van der Waals surface area contributed by atoms with E-state index in [1.165, 1.54) is 11.8 Å². The van der Waals surface area contributed by atoms with Crippen molar-refractivity contribution in [2.24, 2.45) is 0 Å². The second kappa shape index (κ2) is 8.65. The van der Waals surface area contributed by atoms with Gasteiger partial charge in [-0.1, -0.05) is 48.3 Å². The third kappa shape index (κ3) is 5.21. The Morgan fingerprint density at radius 3 is 2.62 bits per heavy atom. The third-order valence-corrected chi connectivity index (χ3v) is 4.39. The van der Waals surface area contributed by atoms with Crippen molar-refractivity contribution < 1.29 is 19.1 Å². The summed E-state index contributed by atoms with van der Waals surface area (Å²) in [5.74, 6) is 0.0372. The number of thiocarbonyl (C=S) groups is 1. The zero-order valence-corrected chi connectivity index (χ0v) is 15.0. The van der Waals surface area contributed by atoms with Crippen LogP contribution in [0.4, 0.5) is 0 Å². The molecule has 0 unspecified atom stereocenters. The van der Waals surface area contributed by atoms with E-state index in [9.17, 15) is 9.59 Å². The molecule has 24 heavy (non-hydrogen) atoms. The van der Waals surface area contributed by atoms with Crippen molar-refractivity contribution in [3.63, 3.8) is 0 Å². The first-order chi connectivity index (χ1) is 11.5. The minimum atomic E-state index is -0.394. The molecule has 126 valence electrons. The number of hydrogen-bond donors (Lipinski definition) is 1. The van der Waals surface area contributed by atoms with E-state index in [-0.39, 0.29) is 12.5 Å². The summed E-state index contributed by atoms with van der Waals surface area (Å²) in [6.07, 6.45) is 3.76. The van der Waals surface area contributed by atoms with Crippen LogP contribution in [0.25, 0.3) is 6.08 Å². The lowest BCUT2D eigenvalue weighted by Crippen LogP contribution is -2.18. The molecule has 0 saturated carbocycles. The summed E-state index contributed by atoms with van der Waals surface area (Å²) in [4.78, 5) is 23.5. The zero-order chi connectivity index (χ0) is 17.5. The van der Waals surface area contributed by atoms with Gasteiger partial charge in [0.25, 0.3) is 5.91 Å². The highest BCUT2D eigenvalue weighted by molar-refractivity contribution is 8.26. The zero-order valence-electron chi connectivity index (χ0n) is 13.3. The first kappa shape index (κ1) is 18.2. The van der Waals surface area contributed by atoms with Crippen LogP contribution >= 0.6 is 24.0 Å². The number of nitrogens with one attached hydrogen (secondary N) is 1. The van der Waals surface area contributed by atoms with Crippen LogP contribution in [-0.4, -0.2) is 29.4 Å². The van der Waals surface area contributed by atoms with Gasteiger partial charge in [-0.15, -0.1) is 0 Å². The van der Waals surface area contributed by atoms with Crippen molar-refractivity contribution in [1.82, 2.24) is 5.32 Å². The van der Waals surface area contributed by atoms with Crippen molar-refractivity contribution in [2.75, 3.05) is 13.2 Å². The first-order valence-electron chi connectivity index (χ1n) is 7.30. The molecule has 2 rings (SSSR count). The molecule has 1 N–H and O–H groups in total. The molecule has 1 aromatic carbocycles. The highest BCUT2D eigenvalue weighted by Crippen LogP contribution is 2.27. The number of amides is 1. The number of esters is 1. The molecule has 1 heterocycles. The highest BCUT2D eigenvalue weighted by atomic mass is 32.2. The van der Waals surface area contributed by atoms with Gasteiger partial charge in [-0.05, 0) is 37.1 Å². The molecule has 7 heteroatoms. The molecule has 0 spiro atoms. The second-order valence-corrected chi connectivity index (χ2v) is 6.54. The molecular weight excluding hydrogens is 346 g/mol. The summed E-state index contributed by atoms with van der Waals surface area (Å²) in [5.41, 5.74) is 1.80. The number of carbonyl (C=O) groups excluding carboxylic acids is 2. The van der Waals surface area contributed by atoms with E-state index in [0.29, 0.717) is 21.6 Å². The predicted octanol–water partition coefficient (Wildman–Crippen LogP) is 3.06. The quantitative estimate of drug-likeness (QED) is 0.476. The Bertz CT molecular complexity index is 708. The molecule has 1 amide bonds. The highest BCUT2D eigenvalue weighted by Gasteiger charge is 2.23. The van der Waals surface area contributed by atoms with Gasteiger partial charge in [0.05, 0.1) is 11.5 Å². The van der Waals surface area contributed by atoms with Gasteiger partial charge in [0, 0.05) is 0 Å². The summed E-state index contributed by atoms with van der Waals surface area (Å²) in [6.45, 7) is 3.84. The molecule has 0 aliphatic carbocycles. The van der Waals surface area contributed by atoms with Crippen molar-refractivity contribution in [3.8, 4) is 5.75 Å². The third-order valence-electron chi connectivity index (χ3n) is 3.04. The summed E-state index contributed by atoms with van der Waals surface area (Å²) >= 11 is 6.24. The van der Waals surface area contributed by atoms with Crippen LogP contribution in [0.5, 0.6) is 5.75 Å². The van der Waals surface area contributed by atoms with Crippen LogP contribution in [0.1, 0.15) is 19.4 Å². The van der Waals surface area contributed by atoms with Gasteiger partial charge < -0.3 is 14.8 Å². The SMILES string of the molecule is CCOC(=O)COc1ccc(/C=C/C(C)=C2/SC(=S)NC2=O)cc1. The average molecular weight is 363 g/mol. The minimum Gasteiger partial charge on any atom is -0.482 e. The van der Waals surface area contributed by atoms with Crippen molar-refractivity contribution in [2.45, 2.75) is 13.8 Å². The number of benzene rings is 1. The lowest BCUT2D eigenvalue weighted by atomic mass is 10.1.